The first-order valence-corrected chi connectivity index (χ1v) is 5.78. The number of hydrogen-bond acceptors (Lipinski definition) is 3. The van der Waals surface area contributed by atoms with Crippen molar-refractivity contribution in [2.75, 3.05) is 13.6 Å². The minimum absolute atomic E-state index is 0.00719. The molecule has 5 nitrogen and oxygen atoms in total. The number of aliphatic hydroxyl groups is 1. The van der Waals surface area contributed by atoms with Crippen molar-refractivity contribution < 1.29 is 14.7 Å². The summed E-state index contributed by atoms with van der Waals surface area (Å²) in [4.78, 5) is 24.6. The molecule has 0 bridgehead atoms. The van der Waals surface area contributed by atoms with E-state index in [1.807, 2.05) is 0 Å². The quantitative estimate of drug-likeness (QED) is 0.681. The van der Waals surface area contributed by atoms with Gasteiger partial charge in [0.1, 0.15) is 6.04 Å². The van der Waals surface area contributed by atoms with Gasteiger partial charge in [-0.25, -0.2) is 0 Å². The highest BCUT2D eigenvalue weighted by atomic mass is 16.3. The van der Waals surface area contributed by atoms with Crippen LogP contribution in [0.2, 0.25) is 0 Å². The monoisotopic (exact) mass is 226 g/mol. The molecule has 2 N–H and O–H groups in total. The molecule has 2 amide bonds. The van der Waals surface area contributed by atoms with Crippen molar-refractivity contribution in [1.82, 2.24) is 10.2 Å². The largest absolute Gasteiger partial charge is 0.393 e. The Morgan fingerprint density at radius 2 is 2.25 bits per heavy atom. The molecule has 16 heavy (non-hydrogen) atoms. The van der Waals surface area contributed by atoms with E-state index in [1.165, 1.54) is 0 Å². The molecule has 1 aliphatic carbocycles. The number of rotatable bonds is 3. The van der Waals surface area contributed by atoms with Crippen molar-refractivity contribution >= 4 is 11.8 Å². The molecular formula is C11H18N2O3. The molecule has 2 fully saturated rings. The fraction of sp³-hybridized carbons (Fsp3) is 0.818. The van der Waals surface area contributed by atoms with Crippen molar-refractivity contribution in [3.63, 3.8) is 0 Å². The van der Waals surface area contributed by atoms with Crippen molar-refractivity contribution in [3.05, 3.63) is 0 Å². The van der Waals surface area contributed by atoms with Crippen LogP contribution in [0.15, 0.2) is 0 Å². The Labute approximate surface area is 94.8 Å². The van der Waals surface area contributed by atoms with E-state index in [0.717, 1.165) is 12.8 Å². The van der Waals surface area contributed by atoms with E-state index >= 15 is 0 Å². The lowest BCUT2D eigenvalue weighted by molar-refractivity contribution is -0.134. The predicted molar refractivity (Wildman–Crippen MR) is 57.5 cm³/mol. The lowest BCUT2D eigenvalue weighted by atomic mass is 9.82. The lowest BCUT2D eigenvalue weighted by Crippen LogP contribution is -2.46. The normalized spacial score (nSPS) is 33.1. The second-order valence-corrected chi connectivity index (χ2v) is 4.87. The topological polar surface area (TPSA) is 69.6 Å². The van der Waals surface area contributed by atoms with Crippen LogP contribution in [-0.4, -0.2) is 47.6 Å². The Morgan fingerprint density at radius 3 is 2.75 bits per heavy atom. The molecule has 1 heterocycles. The molecule has 0 aromatic rings. The molecule has 0 aromatic heterocycles. The van der Waals surface area contributed by atoms with E-state index in [2.05, 4.69) is 5.32 Å². The summed E-state index contributed by atoms with van der Waals surface area (Å²) in [6, 6.07) is -0.331. The maximum atomic E-state index is 11.9. The van der Waals surface area contributed by atoms with E-state index in [9.17, 15) is 9.59 Å². The van der Waals surface area contributed by atoms with Crippen molar-refractivity contribution in [2.45, 2.75) is 37.8 Å². The van der Waals surface area contributed by atoms with Crippen LogP contribution in [0, 0.1) is 5.92 Å². The number of carbonyl (C=O) groups is 2. The molecule has 1 aliphatic heterocycles. The minimum Gasteiger partial charge on any atom is -0.393 e. The smallest absolute Gasteiger partial charge is 0.244 e. The van der Waals surface area contributed by atoms with Crippen LogP contribution < -0.4 is 5.32 Å². The summed E-state index contributed by atoms with van der Waals surface area (Å²) in [5, 5.41) is 11.8. The highest BCUT2D eigenvalue weighted by molar-refractivity contribution is 5.90. The van der Waals surface area contributed by atoms with Crippen LogP contribution in [0.4, 0.5) is 0 Å². The highest BCUT2D eigenvalue weighted by Crippen LogP contribution is 2.27. The van der Waals surface area contributed by atoms with Gasteiger partial charge in [-0.05, 0) is 25.2 Å². The third-order valence-corrected chi connectivity index (χ3v) is 3.41. The van der Waals surface area contributed by atoms with Crippen LogP contribution in [0.3, 0.4) is 0 Å². The van der Waals surface area contributed by atoms with Gasteiger partial charge in [0, 0.05) is 20.0 Å². The summed E-state index contributed by atoms with van der Waals surface area (Å²) in [6.45, 7) is 0.683. The number of nitrogens with zero attached hydrogens (tertiary/aromatic N) is 1. The number of hydrogen-bond donors (Lipinski definition) is 2. The molecule has 90 valence electrons. The number of likely N-dealkylation sites (N-methyl/N-ethyl adjacent to an activating group) is 1. The number of amides is 2. The first kappa shape index (κ1) is 11.4. The zero-order valence-corrected chi connectivity index (χ0v) is 9.48. The van der Waals surface area contributed by atoms with E-state index in [-0.39, 0.29) is 24.0 Å². The first-order valence-electron chi connectivity index (χ1n) is 5.78. The maximum Gasteiger partial charge on any atom is 0.244 e. The Morgan fingerprint density at radius 1 is 1.56 bits per heavy atom. The maximum absolute atomic E-state index is 11.9. The summed E-state index contributed by atoms with van der Waals surface area (Å²) in [5.41, 5.74) is 0. The van der Waals surface area contributed by atoms with E-state index in [0.29, 0.717) is 25.3 Å². The molecular weight excluding hydrogens is 208 g/mol. The molecule has 1 atom stereocenters. The van der Waals surface area contributed by atoms with Crippen molar-refractivity contribution in [3.8, 4) is 0 Å². The van der Waals surface area contributed by atoms with Gasteiger partial charge in [0.05, 0.1) is 6.10 Å². The van der Waals surface area contributed by atoms with Gasteiger partial charge < -0.3 is 15.3 Å². The standard InChI is InChI=1S/C11H18N2O3/c1-13(6-7-4-8(14)5-7)11(16)9-2-3-10(15)12-9/h7-9,14H,2-6H2,1H3,(H,12,15). The Bertz CT molecular complexity index is 300. The third-order valence-electron chi connectivity index (χ3n) is 3.41. The summed E-state index contributed by atoms with van der Waals surface area (Å²) in [5.74, 6) is 0.374. The Balaban J connectivity index is 1.78. The summed E-state index contributed by atoms with van der Waals surface area (Å²) < 4.78 is 0. The van der Waals surface area contributed by atoms with Gasteiger partial charge in [-0.15, -0.1) is 0 Å². The summed E-state index contributed by atoms with van der Waals surface area (Å²) in [7, 11) is 1.76. The highest BCUT2D eigenvalue weighted by Gasteiger charge is 2.33. The third kappa shape index (κ3) is 2.35. The number of carbonyl (C=O) groups excluding carboxylic acids is 2. The summed E-state index contributed by atoms with van der Waals surface area (Å²) in [6.07, 6.45) is 2.45. The SMILES string of the molecule is CN(CC1CC(O)C1)C(=O)C1CCC(=O)N1. The second kappa shape index (κ2) is 4.41. The van der Waals surface area contributed by atoms with Crippen LogP contribution in [0.1, 0.15) is 25.7 Å². The molecule has 2 rings (SSSR count). The molecule has 0 spiro atoms. The van der Waals surface area contributed by atoms with Gasteiger partial charge >= 0.3 is 0 Å². The van der Waals surface area contributed by atoms with E-state index in [4.69, 9.17) is 5.11 Å². The number of nitrogens with one attached hydrogen (secondary N) is 1. The zero-order chi connectivity index (χ0) is 11.7. The molecule has 1 saturated heterocycles. The summed E-state index contributed by atoms with van der Waals surface area (Å²) >= 11 is 0. The molecule has 2 aliphatic rings. The van der Waals surface area contributed by atoms with E-state index in [1.54, 1.807) is 11.9 Å². The van der Waals surface area contributed by atoms with Crippen LogP contribution in [0.25, 0.3) is 0 Å². The molecule has 1 saturated carbocycles. The van der Waals surface area contributed by atoms with E-state index < -0.39 is 0 Å². The Kier molecular flexibility index (Phi) is 3.14. The minimum atomic E-state index is -0.331. The van der Waals surface area contributed by atoms with Gasteiger partial charge in [-0.1, -0.05) is 0 Å². The van der Waals surface area contributed by atoms with Crippen LogP contribution in [-0.2, 0) is 9.59 Å². The van der Waals surface area contributed by atoms with Gasteiger partial charge in [-0.3, -0.25) is 9.59 Å². The fourth-order valence-electron chi connectivity index (χ4n) is 2.39. The van der Waals surface area contributed by atoms with Crippen molar-refractivity contribution in [2.24, 2.45) is 5.92 Å². The molecule has 1 unspecified atom stereocenters. The van der Waals surface area contributed by atoms with Gasteiger partial charge in [0.2, 0.25) is 11.8 Å². The first-order chi connectivity index (χ1) is 7.56. The number of aliphatic hydroxyl groups excluding tert-OH is 1. The average Bonchev–Trinajstić information content (AvgIpc) is 2.61. The molecule has 0 radical (unpaired) electrons. The van der Waals surface area contributed by atoms with Crippen LogP contribution >= 0.6 is 0 Å². The average molecular weight is 226 g/mol. The fourth-order valence-corrected chi connectivity index (χ4v) is 2.39. The van der Waals surface area contributed by atoms with Crippen molar-refractivity contribution in [1.29, 1.82) is 0 Å². The molecule has 0 aromatic carbocycles. The van der Waals surface area contributed by atoms with Gasteiger partial charge in [-0.2, -0.15) is 0 Å². The zero-order valence-electron chi connectivity index (χ0n) is 9.48. The van der Waals surface area contributed by atoms with Crippen LogP contribution in [0.5, 0.6) is 0 Å². The van der Waals surface area contributed by atoms with Gasteiger partial charge in [0.15, 0.2) is 0 Å². The van der Waals surface area contributed by atoms with Gasteiger partial charge in [0.25, 0.3) is 0 Å². The lowest BCUT2D eigenvalue weighted by Gasteiger charge is -2.35. The Hall–Kier alpha value is -1.10. The second-order valence-electron chi connectivity index (χ2n) is 4.87. The predicted octanol–water partition coefficient (Wildman–Crippen LogP) is -0.506. The molecule has 5 heteroatoms.